The van der Waals surface area contributed by atoms with E-state index in [9.17, 15) is 4.79 Å². The molecule has 1 amide bonds. The summed E-state index contributed by atoms with van der Waals surface area (Å²) in [5, 5.41) is 9.35. The summed E-state index contributed by atoms with van der Waals surface area (Å²) >= 11 is 13.6. The molecule has 1 atom stereocenters. The summed E-state index contributed by atoms with van der Waals surface area (Å²) in [5.74, 6) is 1.59. The van der Waals surface area contributed by atoms with Crippen LogP contribution < -0.4 is 15.8 Å². The van der Waals surface area contributed by atoms with Crippen molar-refractivity contribution < 1.29 is 9.53 Å². The van der Waals surface area contributed by atoms with Gasteiger partial charge in [0.1, 0.15) is 18.4 Å². The molecule has 10 heteroatoms. The van der Waals surface area contributed by atoms with Crippen molar-refractivity contribution in [3.8, 4) is 5.75 Å². The highest BCUT2D eigenvalue weighted by atomic mass is 35.5. The summed E-state index contributed by atoms with van der Waals surface area (Å²) in [7, 11) is 0. The molecule has 0 spiro atoms. The lowest BCUT2D eigenvalue weighted by atomic mass is 9.95. The monoisotopic (exact) mass is 489 g/mol. The van der Waals surface area contributed by atoms with Crippen LogP contribution in [-0.4, -0.2) is 26.4 Å². The molecule has 2 aromatic carbocycles. The van der Waals surface area contributed by atoms with Gasteiger partial charge in [-0.2, -0.15) is 4.98 Å². The number of aromatic nitrogens is 3. The van der Waals surface area contributed by atoms with Gasteiger partial charge < -0.3 is 15.8 Å². The van der Waals surface area contributed by atoms with Gasteiger partial charge in [0, 0.05) is 5.70 Å². The van der Waals surface area contributed by atoms with Crippen LogP contribution >= 0.6 is 35.0 Å². The van der Waals surface area contributed by atoms with E-state index in [2.05, 4.69) is 15.4 Å². The summed E-state index contributed by atoms with van der Waals surface area (Å²) in [6.07, 6.45) is 0. The Morgan fingerprint density at radius 2 is 1.97 bits per heavy atom. The molecule has 166 valence electrons. The predicted molar refractivity (Wildman–Crippen MR) is 127 cm³/mol. The van der Waals surface area contributed by atoms with E-state index in [0.29, 0.717) is 44.8 Å². The highest BCUT2D eigenvalue weighted by Crippen LogP contribution is 2.36. The molecule has 0 saturated heterocycles. The molecule has 3 N–H and O–H groups in total. The van der Waals surface area contributed by atoms with Crippen molar-refractivity contribution >= 4 is 46.8 Å². The Balaban J connectivity index is 1.60. The third-order valence-electron chi connectivity index (χ3n) is 4.96. The van der Waals surface area contributed by atoms with Gasteiger partial charge in [0.25, 0.3) is 0 Å². The second-order valence-corrected chi connectivity index (χ2v) is 9.18. The summed E-state index contributed by atoms with van der Waals surface area (Å²) in [4.78, 5) is 16.8. The lowest BCUT2D eigenvalue weighted by molar-refractivity contribution is -0.115. The molecule has 1 unspecified atom stereocenters. The number of nitrogens with zero attached hydrogens (tertiary/aromatic N) is 3. The quantitative estimate of drug-likeness (QED) is 0.450. The molecule has 1 aliphatic heterocycles. The number of ether oxygens (including phenoxy) is 1. The molecule has 0 aliphatic carbocycles. The smallest absolute Gasteiger partial charge is 0.248 e. The van der Waals surface area contributed by atoms with Gasteiger partial charge >= 0.3 is 0 Å². The number of nitrogens with one attached hydrogen (secondary N) is 1. The Morgan fingerprint density at radius 3 is 2.62 bits per heavy atom. The number of benzene rings is 2. The Bertz CT molecular complexity index is 1190. The number of rotatable bonds is 7. The van der Waals surface area contributed by atoms with Crippen molar-refractivity contribution in [1.29, 1.82) is 0 Å². The number of allylic oxidation sites excluding steroid dienone is 1. The van der Waals surface area contributed by atoms with E-state index < -0.39 is 11.9 Å². The molecule has 1 aromatic heterocycles. The van der Waals surface area contributed by atoms with Crippen LogP contribution in [0, 0.1) is 0 Å². The minimum Gasteiger partial charge on any atom is -0.489 e. The van der Waals surface area contributed by atoms with Crippen LogP contribution in [0.15, 0.2) is 58.9 Å². The molecule has 3 aromatic rings. The van der Waals surface area contributed by atoms with Crippen LogP contribution in [0.3, 0.4) is 0 Å². The van der Waals surface area contributed by atoms with Gasteiger partial charge in [-0.3, -0.25) is 4.79 Å². The number of carbonyl (C=O) groups excluding carboxylic acids is 1. The molecule has 0 bridgehead atoms. The first-order valence-corrected chi connectivity index (χ1v) is 11.6. The normalized spacial score (nSPS) is 15.3. The van der Waals surface area contributed by atoms with Crippen molar-refractivity contribution in [2.75, 3.05) is 11.1 Å². The Labute approximate surface area is 199 Å². The lowest BCUT2D eigenvalue weighted by Gasteiger charge is -2.27. The zero-order valence-corrected chi connectivity index (χ0v) is 19.8. The fourth-order valence-corrected chi connectivity index (χ4v) is 4.37. The number of nitrogens with two attached hydrogens (primary N) is 1. The van der Waals surface area contributed by atoms with Crippen LogP contribution in [0.1, 0.15) is 31.0 Å². The summed E-state index contributed by atoms with van der Waals surface area (Å²) in [6, 6.07) is 12.4. The number of thioether (sulfide) groups is 1. The minimum absolute atomic E-state index is 0.347. The van der Waals surface area contributed by atoms with Gasteiger partial charge in [0.05, 0.1) is 15.6 Å². The van der Waals surface area contributed by atoms with Crippen LogP contribution in [0.5, 0.6) is 5.75 Å². The largest absolute Gasteiger partial charge is 0.489 e. The number of carbonyl (C=O) groups is 1. The molecule has 0 radical (unpaired) electrons. The maximum absolute atomic E-state index is 12.3. The van der Waals surface area contributed by atoms with E-state index in [0.717, 1.165) is 16.9 Å². The highest BCUT2D eigenvalue weighted by molar-refractivity contribution is 7.99. The van der Waals surface area contributed by atoms with Crippen LogP contribution in [0.25, 0.3) is 0 Å². The summed E-state index contributed by atoms with van der Waals surface area (Å²) < 4.78 is 7.58. The fraction of sp³-hybridized carbons (Fsp3) is 0.227. The first-order chi connectivity index (χ1) is 15.4. The topological polar surface area (TPSA) is 95.1 Å². The number of fused-ring (bicyclic) bond motifs is 1. The molecule has 7 nitrogen and oxygen atoms in total. The van der Waals surface area contributed by atoms with Crippen molar-refractivity contribution in [3.05, 3.63) is 74.9 Å². The van der Waals surface area contributed by atoms with Crippen molar-refractivity contribution in [2.45, 2.75) is 31.7 Å². The average molecular weight is 490 g/mol. The van der Waals surface area contributed by atoms with Crippen molar-refractivity contribution in [1.82, 2.24) is 14.8 Å². The highest BCUT2D eigenvalue weighted by Gasteiger charge is 2.33. The van der Waals surface area contributed by atoms with Gasteiger partial charge in [-0.15, -0.1) is 5.10 Å². The molecule has 1 aliphatic rings. The second-order valence-electron chi connectivity index (χ2n) is 7.13. The first-order valence-electron chi connectivity index (χ1n) is 9.91. The number of hydrogen-bond donors (Lipinski definition) is 2. The lowest BCUT2D eigenvalue weighted by Crippen LogP contribution is -2.31. The third-order valence-corrected chi connectivity index (χ3v) is 6.42. The SMILES string of the molecule is CCSc1nc2n(n1)C(c1ccc(OCc3ccc(Cl)c(Cl)c3)cc1)C(C(N)=O)=C(C)N2. The minimum atomic E-state index is -0.509. The number of hydrogen-bond acceptors (Lipinski definition) is 6. The van der Waals surface area contributed by atoms with E-state index in [1.165, 1.54) is 11.8 Å². The zero-order chi connectivity index (χ0) is 22.8. The van der Waals surface area contributed by atoms with Crippen molar-refractivity contribution in [2.24, 2.45) is 5.73 Å². The second kappa shape index (κ2) is 9.44. The average Bonchev–Trinajstić information content (AvgIpc) is 3.16. The number of amides is 1. The van der Waals surface area contributed by atoms with Gasteiger partial charge in [-0.05, 0) is 48.1 Å². The molecule has 2 heterocycles. The van der Waals surface area contributed by atoms with Crippen LogP contribution in [0.4, 0.5) is 5.95 Å². The Kier molecular flexibility index (Phi) is 6.64. The fourth-order valence-electron chi connectivity index (χ4n) is 3.49. The first kappa shape index (κ1) is 22.5. The molecular weight excluding hydrogens is 469 g/mol. The standard InChI is InChI=1S/C22H21Cl2N5O2S/c1-3-32-22-27-21-26-12(2)18(20(25)30)19(29(21)28-22)14-5-7-15(8-6-14)31-11-13-4-9-16(23)17(24)10-13/h4-10,19H,3,11H2,1-2H3,(H2,25,30)(H,26,27,28). The Hall–Kier alpha value is -2.68. The van der Waals surface area contributed by atoms with E-state index >= 15 is 0 Å². The summed E-state index contributed by atoms with van der Waals surface area (Å²) in [6.45, 7) is 4.19. The van der Waals surface area contributed by atoms with Crippen molar-refractivity contribution in [3.63, 3.8) is 0 Å². The third kappa shape index (κ3) is 4.57. The van der Waals surface area contributed by atoms with E-state index in [1.807, 2.05) is 44.2 Å². The maximum atomic E-state index is 12.3. The molecule has 32 heavy (non-hydrogen) atoms. The van der Waals surface area contributed by atoms with Gasteiger partial charge in [0.2, 0.25) is 17.0 Å². The molecule has 4 rings (SSSR count). The Morgan fingerprint density at radius 1 is 1.22 bits per heavy atom. The maximum Gasteiger partial charge on any atom is 0.248 e. The summed E-state index contributed by atoms with van der Waals surface area (Å²) in [5.41, 5.74) is 8.59. The number of anilines is 1. The van der Waals surface area contributed by atoms with Gasteiger partial charge in [-0.25, -0.2) is 4.68 Å². The van der Waals surface area contributed by atoms with E-state index in [4.69, 9.17) is 33.7 Å². The molecule has 0 saturated carbocycles. The van der Waals surface area contributed by atoms with E-state index in [-0.39, 0.29) is 0 Å². The number of primary amides is 1. The predicted octanol–water partition coefficient (Wildman–Crippen LogP) is 5.05. The van der Waals surface area contributed by atoms with Gasteiger partial charge in [-0.1, -0.05) is 60.1 Å². The number of halogens is 2. The molecular formula is C22H21Cl2N5O2S. The zero-order valence-electron chi connectivity index (χ0n) is 17.4. The van der Waals surface area contributed by atoms with Gasteiger partial charge in [0.15, 0.2) is 0 Å². The van der Waals surface area contributed by atoms with Crippen LogP contribution in [-0.2, 0) is 11.4 Å². The van der Waals surface area contributed by atoms with E-state index in [1.54, 1.807) is 16.8 Å². The van der Waals surface area contributed by atoms with Crippen LogP contribution in [0.2, 0.25) is 10.0 Å². The molecule has 0 fully saturated rings.